The van der Waals surface area contributed by atoms with Gasteiger partial charge in [-0.15, -0.1) is 0 Å². The Morgan fingerprint density at radius 2 is 1.88 bits per heavy atom. The van der Waals surface area contributed by atoms with Crippen LogP contribution in [-0.2, 0) is 14.4 Å². The van der Waals surface area contributed by atoms with Gasteiger partial charge in [0.25, 0.3) is 0 Å². The van der Waals surface area contributed by atoms with E-state index in [1.807, 2.05) is 27.7 Å². The van der Waals surface area contributed by atoms with Crippen molar-refractivity contribution < 1.29 is 19.6 Å². The summed E-state index contributed by atoms with van der Waals surface area (Å²) in [6.07, 6.45) is 0.793. The lowest BCUT2D eigenvalue weighted by atomic mass is 9.85. The summed E-state index contributed by atoms with van der Waals surface area (Å²) in [5.41, 5.74) is -0.455. The van der Waals surface area contributed by atoms with Crippen molar-refractivity contribution in [2.75, 3.05) is 32.1 Å². The molecule has 2 N–H and O–H groups in total. The van der Waals surface area contributed by atoms with Crippen molar-refractivity contribution in [3.8, 4) is 0 Å². The highest BCUT2D eigenvalue weighted by Gasteiger charge is 2.35. The predicted molar refractivity (Wildman–Crippen MR) is 95.7 cm³/mol. The normalized spacial score (nSPS) is 13.8. The van der Waals surface area contributed by atoms with Crippen LogP contribution in [0.5, 0.6) is 0 Å². The summed E-state index contributed by atoms with van der Waals surface area (Å²) in [5, 5.41) is 12.7. The van der Waals surface area contributed by atoms with E-state index in [0.29, 0.717) is 11.5 Å². The van der Waals surface area contributed by atoms with Crippen LogP contribution in [0.25, 0.3) is 0 Å². The molecule has 0 aromatic carbocycles. The summed E-state index contributed by atoms with van der Waals surface area (Å²) in [6, 6.07) is -0.676. The second-order valence-electron chi connectivity index (χ2n) is 6.95. The van der Waals surface area contributed by atoms with E-state index >= 15 is 0 Å². The second kappa shape index (κ2) is 10.6. The van der Waals surface area contributed by atoms with Crippen LogP contribution in [0.15, 0.2) is 0 Å². The number of nitrogens with one attached hydrogen (secondary N) is 1. The first kappa shape index (κ1) is 22.7. The van der Waals surface area contributed by atoms with Crippen LogP contribution < -0.4 is 5.32 Å². The molecule has 0 aliphatic heterocycles. The Labute approximate surface area is 149 Å². The van der Waals surface area contributed by atoms with E-state index in [0.717, 1.165) is 11.5 Å². The molecule has 0 saturated carbocycles. The molecule has 0 saturated heterocycles. The number of rotatable bonds is 10. The smallest absolute Gasteiger partial charge is 0.245 e. The molecule has 0 aliphatic rings. The van der Waals surface area contributed by atoms with E-state index in [1.54, 1.807) is 25.9 Å². The first-order valence-electron chi connectivity index (χ1n) is 8.04. The summed E-state index contributed by atoms with van der Waals surface area (Å²) in [5.74, 6) is 0.577. The Balaban J connectivity index is 5.14. The fourth-order valence-electron chi connectivity index (χ4n) is 2.11. The van der Waals surface area contributed by atoms with Gasteiger partial charge in [0.2, 0.25) is 18.2 Å². The predicted octanol–water partition coefficient (Wildman–Crippen LogP) is 1.21. The monoisotopic (exact) mass is 361 g/mol. The minimum absolute atomic E-state index is 0.0906. The van der Waals surface area contributed by atoms with Crippen LogP contribution in [-0.4, -0.2) is 71.6 Å². The molecule has 0 fully saturated rings. The Morgan fingerprint density at radius 3 is 2.29 bits per heavy atom. The van der Waals surface area contributed by atoms with Gasteiger partial charge in [0, 0.05) is 14.1 Å². The Hall–Kier alpha value is -1.28. The molecule has 0 spiro atoms. The Morgan fingerprint density at radius 1 is 1.29 bits per heavy atom. The van der Waals surface area contributed by atoms with Crippen molar-refractivity contribution in [2.45, 2.75) is 40.2 Å². The number of amides is 3. The van der Waals surface area contributed by atoms with Gasteiger partial charge in [-0.1, -0.05) is 27.7 Å². The molecule has 0 radical (unpaired) electrons. The minimum Gasteiger partial charge on any atom is -0.347 e. The maximum atomic E-state index is 12.6. The number of hydrogen-bond acceptors (Lipinski definition) is 5. The van der Waals surface area contributed by atoms with Crippen molar-refractivity contribution in [3.05, 3.63) is 0 Å². The minimum atomic E-state index is -0.676. The van der Waals surface area contributed by atoms with Gasteiger partial charge in [-0.25, -0.2) is 5.06 Å². The van der Waals surface area contributed by atoms with Gasteiger partial charge in [-0.05, 0) is 23.3 Å². The molecule has 2 atom stereocenters. The van der Waals surface area contributed by atoms with Crippen molar-refractivity contribution in [2.24, 2.45) is 11.3 Å². The molecule has 8 heteroatoms. The lowest BCUT2D eigenvalue weighted by molar-refractivity contribution is -0.155. The highest BCUT2D eigenvalue weighted by molar-refractivity contribution is 7.99. The van der Waals surface area contributed by atoms with E-state index in [9.17, 15) is 19.6 Å². The van der Waals surface area contributed by atoms with Crippen LogP contribution in [0.3, 0.4) is 0 Å². The SMILES string of the molecule is CCSCC[C@H](CN(O)C=O)C(=O)NC(C(=O)N(C)C)C(C)(C)C. The first-order chi connectivity index (χ1) is 11.0. The highest BCUT2D eigenvalue weighted by Crippen LogP contribution is 2.22. The van der Waals surface area contributed by atoms with Gasteiger partial charge in [-0.2, -0.15) is 11.8 Å². The van der Waals surface area contributed by atoms with Crippen molar-refractivity contribution in [1.82, 2.24) is 15.3 Å². The number of nitrogens with zero attached hydrogens (tertiary/aromatic N) is 2. The molecule has 0 aromatic rings. The molecule has 0 aliphatic carbocycles. The van der Waals surface area contributed by atoms with Gasteiger partial charge >= 0.3 is 0 Å². The van der Waals surface area contributed by atoms with E-state index < -0.39 is 17.4 Å². The van der Waals surface area contributed by atoms with Crippen molar-refractivity contribution in [1.29, 1.82) is 0 Å². The van der Waals surface area contributed by atoms with E-state index in [1.165, 1.54) is 4.90 Å². The highest BCUT2D eigenvalue weighted by atomic mass is 32.2. The van der Waals surface area contributed by atoms with Gasteiger partial charge in [0.15, 0.2) is 0 Å². The zero-order valence-electron chi connectivity index (χ0n) is 15.5. The van der Waals surface area contributed by atoms with Crippen LogP contribution in [0.2, 0.25) is 0 Å². The van der Waals surface area contributed by atoms with Crippen molar-refractivity contribution >= 4 is 30.0 Å². The summed E-state index contributed by atoms with van der Waals surface area (Å²) in [6.45, 7) is 7.57. The Bertz CT molecular complexity index is 424. The lowest BCUT2D eigenvalue weighted by Gasteiger charge is -2.33. The molecular formula is C16H31N3O4S. The zero-order chi connectivity index (χ0) is 18.9. The van der Waals surface area contributed by atoms with Gasteiger partial charge in [0.05, 0.1) is 12.5 Å². The number of carbonyl (C=O) groups excluding carboxylic acids is 3. The maximum absolute atomic E-state index is 12.6. The number of carbonyl (C=O) groups is 3. The molecule has 24 heavy (non-hydrogen) atoms. The third kappa shape index (κ3) is 8.01. The summed E-state index contributed by atoms with van der Waals surface area (Å²) in [7, 11) is 3.29. The van der Waals surface area contributed by atoms with Crippen LogP contribution in [0.1, 0.15) is 34.1 Å². The maximum Gasteiger partial charge on any atom is 0.245 e. The standard InChI is InChI=1S/C16H31N3O4S/c1-7-24-9-8-12(10-19(23)11-20)14(21)17-13(16(2,3)4)15(22)18(5)6/h11-13,23H,7-10H2,1-6H3,(H,17,21)/t12-,13?/m1/s1. The van der Waals surface area contributed by atoms with Crippen LogP contribution in [0, 0.1) is 11.3 Å². The zero-order valence-corrected chi connectivity index (χ0v) is 16.4. The molecule has 0 aromatic heterocycles. The molecule has 7 nitrogen and oxygen atoms in total. The molecule has 0 heterocycles. The topological polar surface area (TPSA) is 90.0 Å². The van der Waals surface area contributed by atoms with E-state index in [-0.39, 0.29) is 24.8 Å². The van der Waals surface area contributed by atoms with E-state index in [4.69, 9.17) is 0 Å². The number of hydrogen-bond donors (Lipinski definition) is 2. The third-order valence-corrected chi connectivity index (χ3v) is 4.49. The van der Waals surface area contributed by atoms with Gasteiger partial charge in [-0.3, -0.25) is 19.6 Å². The second-order valence-corrected chi connectivity index (χ2v) is 8.34. The quantitative estimate of drug-likeness (QED) is 0.264. The Kier molecular flexibility index (Phi) is 9.99. The molecule has 0 rings (SSSR count). The summed E-state index contributed by atoms with van der Waals surface area (Å²) < 4.78 is 0. The molecule has 140 valence electrons. The lowest BCUT2D eigenvalue weighted by Crippen LogP contribution is -2.55. The third-order valence-electron chi connectivity index (χ3n) is 3.56. The number of thioether (sulfide) groups is 1. The average Bonchev–Trinajstić information content (AvgIpc) is 2.49. The van der Waals surface area contributed by atoms with E-state index in [2.05, 4.69) is 5.32 Å². The molecule has 1 unspecified atom stereocenters. The first-order valence-corrected chi connectivity index (χ1v) is 9.20. The molecular weight excluding hydrogens is 330 g/mol. The van der Waals surface area contributed by atoms with Gasteiger partial charge in [0.1, 0.15) is 6.04 Å². The number of hydroxylamine groups is 2. The van der Waals surface area contributed by atoms with Gasteiger partial charge < -0.3 is 10.2 Å². The fourth-order valence-corrected chi connectivity index (χ4v) is 2.85. The summed E-state index contributed by atoms with van der Waals surface area (Å²) >= 11 is 1.68. The van der Waals surface area contributed by atoms with Crippen LogP contribution in [0.4, 0.5) is 0 Å². The molecule has 3 amide bonds. The fraction of sp³-hybridized carbons (Fsp3) is 0.812. The average molecular weight is 362 g/mol. The number of likely N-dealkylation sites (N-methyl/N-ethyl adjacent to an activating group) is 1. The van der Waals surface area contributed by atoms with Crippen LogP contribution >= 0.6 is 11.8 Å². The molecule has 0 bridgehead atoms. The summed E-state index contributed by atoms with van der Waals surface area (Å²) in [4.78, 5) is 37.1. The largest absolute Gasteiger partial charge is 0.347 e. The van der Waals surface area contributed by atoms with Crippen molar-refractivity contribution in [3.63, 3.8) is 0 Å².